The average molecular weight is 330 g/mol. The molecule has 0 heteroatoms. The van der Waals surface area contributed by atoms with Gasteiger partial charge in [0.1, 0.15) is 0 Å². The third kappa shape index (κ3) is 2.39. The van der Waals surface area contributed by atoms with Crippen molar-refractivity contribution >= 4 is 10.8 Å². The first-order valence-corrected chi connectivity index (χ1v) is 8.97. The largest absolute Gasteiger partial charge is 0.0622 e. The number of hydrogen-bond acceptors (Lipinski definition) is 0. The highest BCUT2D eigenvalue weighted by molar-refractivity contribution is 6.11. The highest BCUT2D eigenvalue weighted by Crippen LogP contribution is 2.45. The van der Waals surface area contributed by atoms with E-state index in [1.54, 1.807) is 0 Å². The predicted molar refractivity (Wildman–Crippen MR) is 111 cm³/mol. The number of benzene rings is 3. The first-order valence-electron chi connectivity index (χ1n) is 8.97. The summed E-state index contributed by atoms with van der Waals surface area (Å²) >= 11 is 0. The van der Waals surface area contributed by atoms with Crippen molar-refractivity contribution in [1.29, 1.82) is 0 Å². The SMILES string of the molecule is c1ccc(-c2cccc(-c3ccccc3)c3c4ccccc4cc2-3)cc1. The van der Waals surface area contributed by atoms with Crippen LogP contribution in [0.4, 0.5) is 0 Å². The summed E-state index contributed by atoms with van der Waals surface area (Å²) in [6.07, 6.45) is 0. The van der Waals surface area contributed by atoms with Gasteiger partial charge in [0.05, 0.1) is 0 Å². The molecule has 0 atom stereocenters. The van der Waals surface area contributed by atoms with Crippen LogP contribution in [0.25, 0.3) is 44.2 Å². The van der Waals surface area contributed by atoms with Crippen molar-refractivity contribution in [3.63, 3.8) is 0 Å². The Morgan fingerprint density at radius 3 is 1.69 bits per heavy atom. The maximum atomic E-state index is 2.33. The van der Waals surface area contributed by atoms with Gasteiger partial charge in [-0.15, -0.1) is 0 Å². The second kappa shape index (κ2) is 6.16. The molecule has 3 aromatic carbocycles. The summed E-state index contributed by atoms with van der Waals surface area (Å²) in [7, 11) is 0. The summed E-state index contributed by atoms with van der Waals surface area (Å²) in [6.45, 7) is 0. The smallest absolute Gasteiger partial charge is 0.00204 e. The highest BCUT2D eigenvalue weighted by atomic mass is 14.2. The van der Waals surface area contributed by atoms with Crippen molar-refractivity contribution in [1.82, 2.24) is 0 Å². The van der Waals surface area contributed by atoms with Crippen LogP contribution in [-0.2, 0) is 0 Å². The molecule has 0 unspecified atom stereocenters. The van der Waals surface area contributed by atoms with E-state index < -0.39 is 0 Å². The van der Waals surface area contributed by atoms with Crippen molar-refractivity contribution in [3.8, 4) is 33.4 Å². The monoisotopic (exact) mass is 330 g/mol. The Hall–Kier alpha value is -3.38. The molecular weight excluding hydrogens is 312 g/mol. The average Bonchev–Trinajstić information content (AvgIpc) is 2.98. The molecule has 2 aliphatic carbocycles. The van der Waals surface area contributed by atoms with E-state index in [-0.39, 0.29) is 0 Å². The zero-order valence-electron chi connectivity index (χ0n) is 14.4. The molecule has 0 fully saturated rings. The normalized spacial score (nSPS) is 11.1. The molecule has 0 saturated carbocycles. The fourth-order valence-electron chi connectivity index (χ4n) is 3.87. The van der Waals surface area contributed by atoms with E-state index in [2.05, 4.69) is 109 Å². The predicted octanol–water partition coefficient (Wildman–Crippen LogP) is 7.28. The van der Waals surface area contributed by atoms with Crippen LogP contribution in [0.1, 0.15) is 0 Å². The van der Waals surface area contributed by atoms with Gasteiger partial charge in [0.15, 0.2) is 0 Å². The van der Waals surface area contributed by atoms with Crippen LogP contribution >= 0.6 is 0 Å². The molecule has 0 spiro atoms. The first kappa shape index (κ1) is 14.9. The minimum absolute atomic E-state index is 1.25. The molecule has 0 radical (unpaired) electrons. The van der Waals surface area contributed by atoms with Crippen LogP contribution in [0.3, 0.4) is 0 Å². The molecule has 0 bridgehead atoms. The van der Waals surface area contributed by atoms with Crippen LogP contribution in [-0.4, -0.2) is 0 Å². The summed E-state index contributed by atoms with van der Waals surface area (Å²) in [4.78, 5) is 0. The summed E-state index contributed by atoms with van der Waals surface area (Å²) in [5.74, 6) is 0. The van der Waals surface area contributed by atoms with E-state index in [9.17, 15) is 0 Å². The Morgan fingerprint density at radius 1 is 0.385 bits per heavy atom. The van der Waals surface area contributed by atoms with Crippen LogP contribution in [0, 0.1) is 0 Å². The topological polar surface area (TPSA) is 0 Å². The van der Waals surface area contributed by atoms with Crippen LogP contribution < -0.4 is 0 Å². The lowest BCUT2D eigenvalue weighted by atomic mass is 9.94. The molecule has 122 valence electrons. The fourth-order valence-corrected chi connectivity index (χ4v) is 3.87. The molecule has 0 N–H and O–H groups in total. The summed E-state index contributed by atoms with van der Waals surface area (Å²) < 4.78 is 0. The molecule has 0 saturated heterocycles. The van der Waals surface area contributed by atoms with Crippen molar-refractivity contribution < 1.29 is 0 Å². The van der Waals surface area contributed by atoms with Gasteiger partial charge >= 0.3 is 0 Å². The van der Waals surface area contributed by atoms with E-state index in [0.717, 1.165) is 0 Å². The van der Waals surface area contributed by atoms with Crippen molar-refractivity contribution in [2.24, 2.45) is 0 Å². The third-order valence-electron chi connectivity index (χ3n) is 5.05. The highest BCUT2D eigenvalue weighted by Gasteiger charge is 2.18. The quantitative estimate of drug-likeness (QED) is 0.319. The maximum absolute atomic E-state index is 2.33. The van der Waals surface area contributed by atoms with Gasteiger partial charge in [-0.25, -0.2) is 0 Å². The number of rotatable bonds is 2. The Balaban J connectivity index is 1.90. The molecule has 3 aromatic rings. The zero-order chi connectivity index (χ0) is 17.3. The third-order valence-corrected chi connectivity index (χ3v) is 5.05. The molecule has 26 heavy (non-hydrogen) atoms. The second-order valence-electron chi connectivity index (χ2n) is 6.61. The molecule has 0 heterocycles. The minimum Gasteiger partial charge on any atom is -0.0622 e. The summed E-state index contributed by atoms with van der Waals surface area (Å²) in [5, 5.41) is 2.61. The lowest BCUT2D eigenvalue weighted by Crippen LogP contribution is -1.82. The lowest BCUT2D eigenvalue weighted by Gasteiger charge is -2.09. The van der Waals surface area contributed by atoms with Gasteiger partial charge < -0.3 is 0 Å². The number of fused-ring (bicyclic) bond motifs is 3. The number of hydrogen-bond donors (Lipinski definition) is 0. The van der Waals surface area contributed by atoms with Crippen LogP contribution in [0.5, 0.6) is 0 Å². The van der Waals surface area contributed by atoms with Gasteiger partial charge in [-0.3, -0.25) is 0 Å². The second-order valence-corrected chi connectivity index (χ2v) is 6.61. The van der Waals surface area contributed by atoms with E-state index in [1.165, 1.54) is 44.2 Å². The van der Waals surface area contributed by atoms with Gasteiger partial charge in [0.25, 0.3) is 0 Å². The molecule has 2 aliphatic rings. The van der Waals surface area contributed by atoms with E-state index >= 15 is 0 Å². The standard InChI is InChI=1S/C26H18/c1-3-10-19(11-4-1)22-16-9-17-23(20-12-5-2-6-13-20)26-24-15-8-7-14-21(24)18-25(22)26/h1-18H. The molecule has 0 aliphatic heterocycles. The van der Waals surface area contributed by atoms with Gasteiger partial charge in [-0.2, -0.15) is 0 Å². The molecule has 0 nitrogen and oxygen atoms in total. The van der Waals surface area contributed by atoms with Crippen LogP contribution in [0.2, 0.25) is 0 Å². The van der Waals surface area contributed by atoms with Gasteiger partial charge in [-0.05, 0) is 50.2 Å². The Labute approximate surface area is 153 Å². The molecular formula is C26H18. The lowest BCUT2D eigenvalue weighted by molar-refractivity contribution is 1.65. The summed E-state index contributed by atoms with van der Waals surface area (Å²) in [5.41, 5.74) is 7.70. The van der Waals surface area contributed by atoms with E-state index in [1.807, 2.05) is 0 Å². The zero-order valence-corrected chi connectivity index (χ0v) is 14.4. The van der Waals surface area contributed by atoms with Crippen molar-refractivity contribution in [3.05, 3.63) is 109 Å². The fraction of sp³-hybridized carbons (Fsp3) is 0. The summed E-state index contributed by atoms with van der Waals surface area (Å²) in [6, 6.07) is 39.0. The maximum Gasteiger partial charge on any atom is -0.00204 e. The Morgan fingerprint density at radius 2 is 0.962 bits per heavy atom. The molecule has 0 amide bonds. The Kier molecular flexibility index (Phi) is 3.54. The van der Waals surface area contributed by atoms with Gasteiger partial charge in [0, 0.05) is 0 Å². The first-order chi connectivity index (χ1) is 12.9. The molecule has 5 rings (SSSR count). The van der Waals surface area contributed by atoms with E-state index in [0.29, 0.717) is 0 Å². The van der Waals surface area contributed by atoms with E-state index in [4.69, 9.17) is 0 Å². The molecule has 0 aromatic heterocycles. The van der Waals surface area contributed by atoms with Gasteiger partial charge in [0.2, 0.25) is 0 Å². The Bertz CT molecular complexity index is 1150. The van der Waals surface area contributed by atoms with Crippen molar-refractivity contribution in [2.45, 2.75) is 0 Å². The van der Waals surface area contributed by atoms with Crippen molar-refractivity contribution in [2.75, 3.05) is 0 Å². The van der Waals surface area contributed by atoms with Crippen LogP contribution in [0.15, 0.2) is 109 Å². The van der Waals surface area contributed by atoms with Gasteiger partial charge in [-0.1, -0.05) is 103 Å². The minimum atomic E-state index is 1.25.